The predicted molar refractivity (Wildman–Crippen MR) is 120 cm³/mol. The number of carboxylic acids is 1. The average Bonchev–Trinajstić information content (AvgIpc) is 3.16. The number of aliphatic carboxylic acids is 1. The van der Waals surface area contributed by atoms with E-state index in [1.807, 2.05) is 0 Å². The smallest absolute Gasteiger partial charge is 0.340 e. The molecule has 1 unspecified atom stereocenters. The molecule has 2 aromatic carbocycles. The zero-order chi connectivity index (χ0) is 23.9. The van der Waals surface area contributed by atoms with Crippen LogP contribution in [0.25, 0.3) is 33.1 Å². The fourth-order valence-electron chi connectivity index (χ4n) is 3.87. The first-order chi connectivity index (χ1) is 15.7. The van der Waals surface area contributed by atoms with Crippen LogP contribution in [0.1, 0.15) is 25.0 Å². The van der Waals surface area contributed by atoms with E-state index in [2.05, 4.69) is 5.32 Å². The first-order valence-electron chi connectivity index (χ1n) is 10.4. The van der Waals surface area contributed by atoms with Crippen LogP contribution in [0.3, 0.4) is 0 Å². The number of amides is 1. The van der Waals surface area contributed by atoms with Gasteiger partial charge in [-0.15, -0.1) is 0 Å². The molecule has 2 aromatic heterocycles. The third-order valence-electron chi connectivity index (χ3n) is 5.72. The minimum Gasteiger partial charge on any atom is -0.480 e. The quantitative estimate of drug-likeness (QED) is 0.420. The summed E-state index contributed by atoms with van der Waals surface area (Å²) in [5.41, 5.74) is 2.35. The van der Waals surface area contributed by atoms with E-state index in [1.54, 1.807) is 51.3 Å². The van der Waals surface area contributed by atoms with Gasteiger partial charge in [-0.1, -0.05) is 26.0 Å². The minimum atomic E-state index is -1.14. The van der Waals surface area contributed by atoms with Crippen LogP contribution in [0, 0.1) is 18.7 Å². The number of hydrogen-bond donors (Lipinski definition) is 2. The molecule has 1 atom stereocenters. The lowest BCUT2D eigenvalue weighted by atomic mass is 9.99. The Hall–Kier alpha value is -3.94. The van der Waals surface area contributed by atoms with Crippen LogP contribution in [0.4, 0.5) is 4.39 Å². The van der Waals surface area contributed by atoms with Crippen molar-refractivity contribution >= 4 is 33.8 Å². The average molecular weight is 451 g/mol. The lowest BCUT2D eigenvalue weighted by molar-refractivity contribution is -0.143. The lowest BCUT2D eigenvalue weighted by Gasteiger charge is -2.18. The molecule has 2 heterocycles. The Bertz CT molecular complexity index is 1430. The summed E-state index contributed by atoms with van der Waals surface area (Å²) in [6.07, 6.45) is 1.24. The molecule has 7 nitrogen and oxygen atoms in total. The third-order valence-corrected chi connectivity index (χ3v) is 5.72. The number of rotatable bonds is 6. The second-order valence-corrected chi connectivity index (χ2v) is 8.30. The van der Waals surface area contributed by atoms with Crippen molar-refractivity contribution < 1.29 is 27.9 Å². The summed E-state index contributed by atoms with van der Waals surface area (Å²) in [7, 11) is 0. The number of benzene rings is 2. The number of halogens is 1. The van der Waals surface area contributed by atoms with Gasteiger partial charge in [-0.25, -0.2) is 14.0 Å². The molecule has 0 aliphatic carbocycles. The topological polar surface area (TPSA) is 110 Å². The van der Waals surface area contributed by atoms with Crippen molar-refractivity contribution in [3.05, 3.63) is 70.0 Å². The van der Waals surface area contributed by atoms with Gasteiger partial charge in [-0.3, -0.25) is 4.79 Å². The molecule has 0 aliphatic rings. The Morgan fingerprint density at radius 3 is 2.42 bits per heavy atom. The monoisotopic (exact) mass is 451 g/mol. The van der Waals surface area contributed by atoms with Crippen molar-refractivity contribution in [3.63, 3.8) is 0 Å². The number of furan rings is 1. The van der Waals surface area contributed by atoms with Gasteiger partial charge >= 0.3 is 11.6 Å². The lowest BCUT2D eigenvalue weighted by Crippen LogP contribution is -2.45. The summed E-state index contributed by atoms with van der Waals surface area (Å²) >= 11 is 0. The first-order valence-corrected chi connectivity index (χ1v) is 10.4. The van der Waals surface area contributed by atoms with Gasteiger partial charge in [0.05, 0.1) is 18.2 Å². The fourth-order valence-corrected chi connectivity index (χ4v) is 3.87. The molecule has 4 rings (SSSR count). The van der Waals surface area contributed by atoms with E-state index in [1.165, 1.54) is 12.1 Å². The second-order valence-electron chi connectivity index (χ2n) is 8.30. The summed E-state index contributed by atoms with van der Waals surface area (Å²) in [6, 6.07) is 8.36. The molecular formula is C25H22FNO6. The van der Waals surface area contributed by atoms with Crippen LogP contribution < -0.4 is 10.9 Å². The minimum absolute atomic E-state index is 0.152. The Kier molecular flexibility index (Phi) is 5.76. The number of fused-ring (bicyclic) bond motifs is 2. The molecule has 4 aromatic rings. The number of carbonyl (C=O) groups excluding carboxylic acids is 1. The summed E-state index contributed by atoms with van der Waals surface area (Å²) < 4.78 is 24.4. The van der Waals surface area contributed by atoms with E-state index in [0.717, 1.165) is 16.5 Å². The molecule has 8 heteroatoms. The molecule has 0 fully saturated rings. The van der Waals surface area contributed by atoms with Crippen molar-refractivity contribution in [2.75, 3.05) is 0 Å². The van der Waals surface area contributed by atoms with Crippen LogP contribution in [0.5, 0.6) is 0 Å². The molecule has 33 heavy (non-hydrogen) atoms. The highest BCUT2D eigenvalue weighted by atomic mass is 19.1. The van der Waals surface area contributed by atoms with Crippen molar-refractivity contribution in [3.8, 4) is 11.1 Å². The fraction of sp³-hybridized carbons (Fsp3) is 0.240. The zero-order valence-corrected chi connectivity index (χ0v) is 18.3. The summed E-state index contributed by atoms with van der Waals surface area (Å²) in [6.45, 7) is 5.08. The highest BCUT2D eigenvalue weighted by Crippen LogP contribution is 2.34. The normalized spacial score (nSPS) is 12.4. The van der Waals surface area contributed by atoms with E-state index in [4.69, 9.17) is 8.83 Å². The van der Waals surface area contributed by atoms with Crippen LogP contribution in [-0.2, 0) is 16.0 Å². The van der Waals surface area contributed by atoms with E-state index >= 15 is 0 Å². The van der Waals surface area contributed by atoms with Crippen molar-refractivity contribution in [1.29, 1.82) is 0 Å². The first kappa shape index (κ1) is 22.3. The van der Waals surface area contributed by atoms with Crippen molar-refractivity contribution in [2.24, 2.45) is 5.92 Å². The molecule has 0 bridgehead atoms. The summed E-state index contributed by atoms with van der Waals surface area (Å²) in [5.74, 6) is -2.39. The van der Waals surface area contributed by atoms with Crippen molar-refractivity contribution in [2.45, 2.75) is 33.2 Å². The molecule has 2 N–H and O–H groups in total. The van der Waals surface area contributed by atoms with Gasteiger partial charge in [0, 0.05) is 22.4 Å². The molecule has 0 aliphatic heterocycles. The Morgan fingerprint density at radius 2 is 1.79 bits per heavy atom. The van der Waals surface area contributed by atoms with E-state index in [0.29, 0.717) is 22.1 Å². The van der Waals surface area contributed by atoms with Crippen LogP contribution >= 0.6 is 0 Å². The zero-order valence-electron chi connectivity index (χ0n) is 18.3. The molecule has 1 amide bonds. The van der Waals surface area contributed by atoms with E-state index in [-0.39, 0.29) is 23.7 Å². The van der Waals surface area contributed by atoms with Crippen LogP contribution in [-0.4, -0.2) is 23.0 Å². The number of carboxylic acid groups (broad SMARTS) is 1. The summed E-state index contributed by atoms with van der Waals surface area (Å²) in [4.78, 5) is 36.5. The van der Waals surface area contributed by atoms with Gasteiger partial charge in [0.25, 0.3) is 0 Å². The second kappa shape index (κ2) is 8.54. The van der Waals surface area contributed by atoms with Crippen LogP contribution in [0.15, 0.2) is 56.3 Å². The molecule has 170 valence electrons. The number of nitrogens with one attached hydrogen (secondary N) is 1. The van der Waals surface area contributed by atoms with Gasteiger partial charge in [-0.2, -0.15) is 0 Å². The molecule has 0 saturated heterocycles. The maximum absolute atomic E-state index is 13.3. The number of aryl methyl sites for hydroxylation is 1. The molecule has 0 spiro atoms. The van der Waals surface area contributed by atoms with Gasteiger partial charge in [0.15, 0.2) is 0 Å². The van der Waals surface area contributed by atoms with Crippen molar-refractivity contribution in [1.82, 2.24) is 5.32 Å². The predicted octanol–water partition coefficient (Wildman–Crippen LogP) is 4.42. The Morgan fingerprint density at radius 1 is 1.09 bits per heavy atom. The number of hydrogen-bond acceptors (Lipinski definition) is 5. The largest absolute Gasteiger partial charge is 0.480 e. The molecule has 0 saturated carbocycles. The molecular weight excluding hydrogens is 429 g/mol. The SMILES string of the molecule is Cc1c(CC(=O)NC(C(=O)O)C(C)C)c(=O)oc2cc3occ(-c4ccc(F)cc4)c3cc12. The maximum atomic E-state index is 13.3. The van der Waals surface area contributed by atoms with Gasteiger partial charge in [-0.05, 0) is 42.2 Å². The van der Waals surface area contributed by atoms with E-state index in [9.17, 15) is 23.9 Å². The van der Waals surface area contributed by atoms with Crippen LogP contribution in [0.2, 0.25) is 0 Å². The summed E-state index contributed by atoms with van der Waals surface area (Å²) in [5, 5.41) is 13.1. The standard InChI is InChI=1S/C25H22FNO6/c1-12(2)23(24(29)30)27-22(28)9-17-13(3)16-8-18-19(14-4-6-15(26)7-5-14)11-32-20(18)10-21(16)33-25(17)31/h4-8,10-12,23H,9H2,1-3H3,(H,27,28)(H,29,30). The molecule has 0 radical (unpaired) electrons. The van der Waals surface area contributed by atoms with Gasteiger partial charge in [0.1, 0.15) is 23.0 Å². The highest BCUT2D eigenvalue weighted by molar-refractivity contribution is 6.02. The van der Waals surface area contributed by atoms with E-state index < -0.39 is 23.5 Å². The highest BCUT2D eigenvalue weighted by Gasteiger charge is 2.25. The van der Waals surface area contributed by atoms with Gasteiger partial charge in [0.2, 0.25) is 5.91 Å². The van der Waals surface area contributed by atoms with Gasteiger partial charge < -0.3 is 19.3 Å². The third kappa shape index (κ3) is 4.24. The number of carbonyl (C=O) groups is 2. The Labute approximate surface area is 187 Å². The Balaban J connectivity index is 1.76. The maximum Gasteiger partial charge on any atom is 0.340 e.